The van der Waals surface area contributed by atoms with Crippen LogP contribution in [0.25, 0.3) is 21.1 Å². The third-order valence-electron chi connectivity index (χ3n) is 8.11. The van der Waals surface area contributed by atoms with E-state index in [0.29, 0.717) is 35.5 Å². The molecule has 0 aliphatic carbocycles. The summed E-state index contributed by atoms with van der Waals surface area (Å²) in [6.07, 6.45) is 7.76. The molecule has 2 amide bonds. The summed E-state index contributed by atoms with van der Waals surface area (Å²) in [6.45, 7) is 7.17. The quantitative estimate of drug-likeness (QED) is 0.375. The van der Waals surface area contributed by atoms with Gasteiger partial charge in [-0.15, -0.1) is 11.3 Å². The summed E-state index contributed by atoms with van der Waals surface area (Å²) in [5, 5.41) is 11.6. The smallest absolute Gasteiger partial charge is 0.314 e. The Morgan fingerprint density at radius 1 is 1.11 bits per heavy atom. The molecule has 3 aromatic heterocycles. The average Bonchev–Trinajstić information content (AvgIpc) is 3.55. The van der Waals surface area contributed by atoms with Gasteiger partial charge in [-0.1, -0.05) is 19.9 Å². The molecule has 4 aromatic rings. The van der Waals surface area contributed by atoms with Gasteiger partial charge in [-0.3, -0.25) is 19.7 Å². The Balaban J connectivity index is 1.25. The first-order chi connectivity index (χ1) is 18.4. The first kappa shape index (κ1) is 24.9. The van der Waals surface area contributed by atoms with Gasteiger partial charge >= 0.3 is 11.8 Å². The Bertz CT molecular complexity index is 1500. The van der Waals surface area contributed by atoms with Crippen molar-refractivity contribution in [3.63, 3.8) is 0 Å². The summed E-state index contributed by atoms with van der Waals surface area (Å²) in [7, 11) is 2.18. The van der Waals surface area contributed by atoms with Crippen molar-refractivity contribution in [2.45, 2.75) is 45.1 Å². The molecular formula is C28H33N7O2S. The van der Waals surface area contributed by atoms with E-state index in [-0.39, 0.29) is 6.04 Å². The number of aromatic amines is 1. The number of benzene rings is 1. The molecule has 9 nitrogen and oxygen atoms in total. The van der Waals surface area contributed by atoms with Crippen LogP contribution < -0.4 is 5.32 Å². The Hall–Kier alpha value is -3.37. The number of carbonyl (C=O) groups excluding carboxylic acids is 2. The maximum atomic E-state index is 13.5. The highest BCUT2D eigenvalue weighted by molar-refractivity contribution is 7.18. The van der Waals surface area contributed by atoms with E-state index in [4.69, 9.17) is 4.98 Å². The molecule has 4 atom stereocenters. The van der Waals surface area contributed by atoms with Crippen molar-refractivity contribution in [2.24, 2.45) is 11.8 Å². The molecule has 0 saturated carbocycles. The molecule has 2 N–H and O–H groups in total. The summed E-state index contributed by atoms with van der Waals surface area (Å²) in [5.74, 6) is 0.181. The van der Waals surface area contributed by atoms with Gasteiger partial charge in [0.1, 0.15) is 0 Å². The molecule has 2 aliphatic rings. The fraction of sp³-hybridized carbons (Fsp3) is 0.464. The van der Waals surface area contributed by atoms with Gasteiger partial charge < -0.3 is 15.1 Å². The van der Waals surface area contributed by atoms with Crippen LogP contribution in [0, 0.1) is 11.8 Å². The molecular weight excluding hydrogens is 498 g/mol. The molecule has 2 fully saturated rings. The summed E-state index contributed by atoms with van der Waals surface area (Å²) < 4.78 is 1.18. The van der Waals surface area contributed by atoms with E-state index in [1.807, 2.05) is 0 Å². The van der Waals surface area contributed by atoms with Gasteiger partial charge in [-0.2, -0.15) is 5.10 Å². The lowest BCUT2D eigenvalue weighted by atomic mass is 9.87. The van der Waals surface area contributed by atoms with E-state index < -0.39 is 11.8 Å². The van der Waals surface area contributed by atoms with E-state index in [2.05, 4.69) is 64.5 Å². The number of anilines is 1. The van der Waals surface area contributed by atoms with Gasteiger partial charge in [0.2, 0.25) is 0 Å². The van der Waals surface area contributed by atoms with Gasteiger partial charge in [0, 0.05) is 30.6 Å². The summed E-state index contributed by atoms with van der Waals surface area (Å²) in [5.41, 5.74) is 3.12. The third kappa shape index (κ3) is 4.67. The molecule has 198 valence electrons. The van der Waals surface area contributed by atoms with Crippen molar-refractivity contribution in [2.75, 3.05) is 32.0 Å². The number of nitrogens with zero attached hydrogens (tertiary/aromatic N) is 5. The maximum absolute atomic E-state index is 13.5. The summed E-state index contributed by atoms with van der Waals surface area (Å²) >= 11 is 1.79. The van der Waals surface area contributed by atoms with Crippen molar-refractivity contribution in [3.8, 4) is 0 Å². The lowest BCUT2D eigenvalue weighted by molar-refractivity contribution is -0.146. The predicted molar refractivity (Wildman–Crippen MR) is 149 cm³/mol. The fourth-order valence-corrected chi connectivity index (χ4v) is 7.26. The van der Waals surface area contributed by atoms with E-state index in [0.717, 1.165) is 48.8 Å². The minimum atomic E-state index is -0.665. The van der Waals surface area contributed by atoms with Gasteiger partial charge in [-0.25, -0.2) is 4.98 Å². The van der Waals surface area contributed by atoms with Crippen molar-refractivity contribution in [1.29, 1.82) is 0 Å². The molecule has 6 rings (SSSR count). The van der Waals surface area contributed by atoms with Gasteiger partial charge in [-0.05, 0) is 62.4 Å². The second-order valence-electron chi connectivity index (χ2n) is 11.0. The van der Waals surface area contributed by atoms with Crippen LogP contribution >= 0.6 is 11.3 Å². The minimum absolute atomic E-state index is 0.165. The lowest BCUT2D eigenvalue weighted by Crippen LogP contribution is -2.46. The fourth-order valence-electron chi connectivity index (χ4n) is 6.04. The van der Waals surface area contributed by atoms with Crippen molar-refractivity contribution < 1.29 is 9.59 Å². The van der Waals surface area contributed by atoms with Crippen molar-refractivity contribution >= 4 is 50.0 Å². The van der Waals surface area contributed by atoms with Crippen LogP contribution in [0.15, 0.2) is 36.8 Å². The molecule has 1 aromatic carbocycles. The summed E-state index contributed by atoms with van der Waals surface area (Å²) in [4.78, 5) is 40.0. The number of piperidine rings is 2. The normalized spacial score (nSPS) is 24.7. The first-order valence-electron chi connectivity index (χ1n) is 13.4. The Labute approximate surface area is 225 Å². The number of pyridine rings is 1. The van der Waals surface area contributed by atoms with Crippen LogP contribution in [0.3, 0.4) is 0 Å². The monoisotopic (exact) mass is 531 g/mol. The highest BCUT2D eigenvalue weighted by atomic mass is 32.1. The predicted octanol–water partition coefficient (Wildman–Crippen LogP) is 4.56. The molecule has 2 saturated heterocycles. The number of fused-ring (bicyclic) bond motifs is 2. The van der Waals surface area contributed by atoms with Crippen LogP contribution in [0.2, 0.25) is 0 Å². The second-order valence-corrected chi connectivity index (χ2v) is 12.1. The number of aromatic nitrogens is 4. The zero-order valence-corrected chi connectivity index (χ0v) is 22.8. The zero-order chi connectivity index (χ0) is 26.4. The third-order valence-corrected chi connectivity index (χ3v) is 9.28. The molecule has 0 spiro atoms. The van der Waals surface area contributed by atoms with E-state index in [1.165, 1.54) is 15.9 Å². The number of thiazole rings is 1. The molecule has 0 bridgehead atoms. The topological polar surface area (TPSA) is 107 Å². The summed E-state index contributed by atoms with van der Waals surface area (Å²) in [6, 6.07) is 6.21. The molecule has 0 radical (unpaired) electrons. The van der Waals surface area contributed by atoms with Crippen LogP contribution in [-0.4, -0.2) is 68.5 Å². The highest BCUT2D eigenvalue weighted by Crippen LogP contribution is 2.39. The molecule has 0 unspecified atom stereocenters. The van der Waals surface area contributed by atoms with Crippen molar-refractivity contribution in [3.05, 3.63) is 47.4 Å². The number of nitrogens with one attached hydrogen (secondary N) is 2. The van der Waals surface area contributed by atoms with E-state index in [1.54, 1.807) is 28.6 Å². The maximum Gasteiger partial charge on any atom is 0.314 e. The van der Waals surface area contributed by atoms with E-state index in [9.17, 15) is 9.59 Å². The number of hydrogen-bond donors (Lipinski definition) is 2. The van der Waals surface area contributed by atoms with Gasteiger partial charge in [0.15, 0.2) is 0 Å². The minimum Gasteiger partial charge on any atom is -0.327 e. The van der Waals surface area contributed by atoms with Crippen LogP contribution in [0.5, 0.6) is 0 Å². The Morgan fingerprint density at radius 2 is 1.97 bits per heavy atom. The number of likely N-dealkylation sites (tertiary alicyclic amines) is 2. The molecule has 38 heavy (non-hydrogen) atoms. The van der Waals surface area contributed by atoms with Crippen LogP contribution in [0.1, 0.15) is 55.6 Å². The SMILES string of the molecule is C[C@H]1CC[C@H](c2ccc3sc([C@H]4CCN(C)C[C@H]4C)nc3c2)N(C(=O)C(=O)Nc2cncc3cn[nH]c23)C1. The van der Waals surface area contributed by atoms with Gasteiger partial charge in [0.05, 0.1) is 44.9 Å². The van der Waals surface area contributed by atoms with Crippen LogP contribution in [0.4, 0.5) is 5.69 Å². The number of hydrogen-bond acceptors (Lipinski definition) is 7. The number of amides is 2. The molecule has 2 aliphatic heterocycles. The standard InChI is InChI=1S/C28H33N7O2S/c1-16-4-6-23(35(14-16)28(37)26(36)31-22-13-29-11-19-12-30-33-25(19)22)18-5-7-24-21(10-18)32-27(38-24)20-8-9-34(3)15-17(20)2/h5,7,10-13,16-17,20,23H,4,6,8-9,14-15H2,1-3H3,(H,30,33)(H,31,36)/t16-,17+,20-,23+/m0/s1. The second kappa shape index (κ2) is 10.1. The Kier molecular flexibility index (Phi) is 6.61. The number of H-pyrrole nitrogens is 1. The highest BCUT2D eigenvalue weighted by Gasteiger charge is 2.35. The zero-order valence-electron chi connectivity index (χ0n) is 22.0. The average molecular weight is 532 g/mol. The van der Waals surface area contributed by atoms with E-state index >= 15 is 0 Å². The largest absolute Gasteiger partial charge is 0.327 e. The number of rotatable bonds is 3. The number of carbonyl (C=O) groups is 2. The van der Waals surface area contributed by atoms with Crippen LogP contribution in [-0.2, 0) is 9.59 Å². The van der Waals surface area contributed by atoms with Crippen molar-refractivity contribution in [1.82, 2.24) is 30.0 Å². The molecule has 5 heterocycles. The first-order valence-corrected chi connectivity index (χ1v) is 14.2. The Morgan fingerprint density at radius 3 is 2.82 bits per heavy atom. The lowest BCUT2D eigenvalue weighted by Gasteiger charge is -2.38. The molecule has 10 heteroatoms. The van der Waals surface area contributed by atoms with Gasteiger partial charge in [0.25, 0.3) is 0 Å².